The highest BCUT2D eigenvalue weighted by Crippen LogP contribution is 2.20. The molecule has 0 fully saturated rings. The first-order chi connectivity index (χ1) is 12.5. The highest BCUT2D eigenvalue weighted by Gasteiger charge is 2.22. The Bertz CT molecular complexity index is 999. The third kappa shape index (κ3) is 3.74. The molecule has 0 spiro atoms. The molecule has 0 N–H and O–H groups in total. The monoisotopic (exact) mass is 438 g/mol. The molecule has 0 radical (unpaired) electrons. The first-order valence-corrected chi connectivity index (χ1v) is 10.4. The van der Waals surface area contributed by atoms with Gasteiger partial charge in [0.25, 0.3) is 0 Å². The van der Waals surface area contributed by atoms with E-state index in [1.165, 1.54) is 9.15 Å². The molecule has 3 aromatic rings. The smallest absolute Gasteiger partial charge is 0.243 e. The van der Waals surface area contributed by atoms with E-state index in [4.69, 9.17) is 4.84 Å². The summed E-state index contributed by atoms with van der Waals surface area (Å²) in [5.74, 6) is 0. The largest absolute Gasteiger partial charge is 0.390 e. The number of fused-ring (bicyclic) bond motifs is 1. The van der Waals surface area contributed by atoms with Gasteiger partial charge in [0.15, 0.2) is 0 Å². The van der Waals surface area contributed by atoms with Gasteiger partial charge < -0.3 is 4.84 Å². The molecule has 9 heteroatoms. The molecule has 3 rings (SSSR count). The average Bonchev–Trinajstić information content (AvgIpc) is 3.04. The van der Waals surface area contributed by atoms with Gasteiger partial charge in [0.1, 0.15) is 17.6 Å². The Labute approximate surface area is 160 Å². The van der Waals surface area contributed by atoms with E-state index in [1.54, 1.807) is 18.2 Å². The standard InChI is InChI=1S/C17H19BrN4O3S/c1-3-21(4-2)26(23,24)15-9-10-16-17(11-15)22(20-19-16)25-12-13-5-7-14(18)8-6-13/h5-11H,3-4,12H2,1-2H3. The second-order valence-corrected chi connectivity index (χ2v) is 8.46. The van der Waals surface area contributed by atoms with E-state index in [-0.39, 0.29) is 4.90 Å². The van der Waals surface area contributed by atoms with Crippen molar-refractivity contribution in [3.63, 3.8) is 0 Å². The van der Waals surface area contributed by atoms with Crippen molar-refractivity contribution < 1.29 is 13.3 Å². The van der Waals surface area contributed by atoms with Crippen molar-refractivity contribution >= 4 is 37.0 Å². The van der Waals surface area contributed by atoms with E-state index in [0.717, 1.165) is 10.0 Å². The maximum absolute atomic E-state index is 12.7. The number of hydrogen-bond acceptors (Lipinski definition) is 5. The lowest BCUT2D eigenvalue weighted by Gasteiger charge is -2.18. The van der Waals surface area contributed by atoms with E-state index >= 15 is 0 Å². The van der Waals surface area contributed by atoms with Crippen molar-refractivity contribution in [2.45, 2.75) is 25.3 Å². The second-order valence-electron chi connectivity index (χ2n) is 5.60. The Morgan fingerprint density at radius 1 is 1.12 bits per heavy atom. The number of aromatic nitrogens is 3. The van der Waals surface area contributed by atoms with Crippen molar-refractivity contribution in [3.05, 3.63) is 52.5 Å². The quantitative estimate of drug-likeness (QED) is 0.566. The molecule has 0 aliphatic carbocycles. The van der Waals surface area contributed by atoms with E-state index < -0.39 is 10.0 Å². The van der Waals surface area contributed by atoms with Crippen LogP contribution in [-0.2, 0) is 16.6 Å². The molecule has 0 amide bonds. The van der Waals surface area contributed by atoms with Gasteiger partial charge in [-0.1, -0.05) is 46.8 Å². The Morgan fingerprint density at radius 2 is 1.81 bits per heavy atom. The maximum Gasteiger partial charge on any atom is 0.243 e. The van der Waals surface area contributed by atoms with Crippen LogP contribution in [0.3, 0.4) is 0 Å². The lowest BCUT2D eigenvalue weighted by molar-refractivity contribution is 0.0751. The lowest BCUT2D eigenvalue weighted by atomic mass is 10.2. The van der Waals surface area contributed by atoms with E-state index in [9.17, 15) is 8.42 Å². The minimum absolute atomic E-state index is 0.199. The topological polar surface area (TPSA) is 77.3 Å². The zero-order valence-electron chi connectivity index (χ0n) is 14.5. The normalized spacial score (nSPS) is 12.0. The summed E-state index contributed by atoms with van der Waals surface area (Å²) in [6.07, 6.45) is 0. The number of nitrogens with zero attached hydrogens (tertiary/aromatic N) is 4. The number of halogens is 1. The molecular formula is C17H19BrN4O3S. The molecule has 0 atom stereocenters. The van der Waals surface area contributed by atoms with E-state index in [1.807, 2.05) is 38.1 Å². The summed E-state index contributed by atoms with van der Waals surface area (Å²) < 4.78 is 27.8. The van der Waals surface area contributed by atoms with Crippen molar-refractivity contribution in [2.24, 2.45) is 0 Å². The fourth-order valence-corrected chi connectivity index (χ4v) is 4.31. The van der Waals surface area contributed by atoms with Crippen molar-refractivity contribution in [1.82, 2.24) is 19.5 Å². The number of rotatable bonds is 7. The summed E-state index contributed by atoms with van der Waals surface area (Å²) in [7, 11) is -3.56. The number of sulfonamides is 1. The minimum Gasteiger partial charge on any atom is -0.390 e. The predicted octanol–water partition coefficient (Wildman–Crippen LogP) is 2.85. The lowest BCUT2D eigenvalue weighted by Crippen LogP contribution is -2.30. The van der Waals surface area contributed by atoms with Crippen LogP contribution in [0.5, 0.6) is 0 Å². The number of hydrogen-bond donors (Lipinski definition) is 0. The van der Waals surface area contributed by atoms with Crippen molar-refractivity contribution in [2.75, 3.05) is 13.1 Å². The summed E-state index contributed by atoms with van der Waals surface area (Å²) >= 11 is 3.39. The highest BCUT2D eigenvalue weighted by molar-refractivity contribution is 9.10. The van der Waals surface area contributed by atoms with Crippen LogP contribution < -0.4 is 4.84 Å². The van der Waals surface area contributed by atoms with Crippen LogP contribution in [0.15, 0.2) is 51.8 Å². The molecule has 138 valence electrons. The molecule has 0 aliphatic rings. The van der Waals surface area contributed by atoms with Gasteiger partial charge in [-0.15, -0.1) is 5.10 Å². The first kappa shape index (κ1) is 18.8. The summed E-state index contributed by atoms with van der Waals surface area (Å²) in [6, 6.07) is 12.4. The molecule has 0 saturated heterocycles. The molecule has 2 aromatic carbocycles. The van der Waals surface area contributed by atoms with Crippen LogP contribution in [0.2, 0.25) is 0 Å². The van der Waals surface area contributed by atoms with Gasteiger partial charge in [0.05, 0.1) is 4.90 Å². The van der Waals surface area contributed by atoms with Gasteiger partial charge in [0, 0.05) is 17.6 Å². The first-order valence-electron chi connectivity index (χ1n) is 8.19. The molecule has 0 unspecified atom stereocenters. The van der Waals surface area contributed by atoms with Crippen LogP contribution in [0.1, 0.15) is 19.4 Å². The van der Waals surface area contributed by atoms with Crippen LogP contribution in [0.4, 0.5) is 0 Å². The average molecular weight is 439 g/mol. The molecule has 26 heavy (non-hydrogen) atoms. The van der Waals surface area contributed by atoms with Crippen molar-refractivity contribution in [3.8, 4) is 0 Å². The number of benzene rings is 2. The Morgan fingerprint density at radius 3 is 2.46 bits per heavy atom. The SMILES string of the molecule is CCN(CC)S(=O)(=O)c1ccc2nnn(OCc3ccc(Br)cc3)c2c1. The van der Waals surface area contributed by atoms with Crippen molar-refractivity contribution in [1.29, 1.82) is 0 Å². The predicted molar refractivity (Wildman–Crippen MR) is 102 cm³/mol. The molecule has 1 aromatic heterocycles. The Balaban J connectivity index is 1.89. The van der Waals surface area contributed by atoms with Gasteiger partial charge in [-0.2, -0.15) is 4.31 Å². The molecule has 7 nitrogen and oxygen atoms in total. The summed E-state index contributed by atoms with van der Waals surface area (Å²) in [5.41, 5.74) is 2.04. The molecule has 1 heterocycles. The Hall–Kier alpha value is -1.97. The second kappa shape index (κ2) is 7.73. The summed E-state index contributed by atoms with van der Waals surface area (Å²) in [4.78, 5) is 7.15. The summed E-state index contributed by atoms with van der Waals surface area (Å²) in [5, 5.41) is 7.99. The molecule has 0 aliphatic heterocycles. The third-order valence-corrected chi connectivity index (χ3v) is 6.57. The van der Waals surface area contributed by atoms with Gasteiger partial charge in [-0.25, -0.2) is 8.42 Å². The molecule has 0 bridgehead atoms. The Kier molecular flexibility index (Phi) is 5.59. The maximum atomic E-state index is 12.7. The zero-order valence-corrected chi connectivity index (χ0v) is 16.9. The fourth-order valence-electron chi connectivity index (χ4n) is 2.56. The van der Waals surface area contributed by atoms with Gasteiger partial charge in [-0.05, 0) is 41.1 Å². The zero-order chi connectivity index (χ0) is 18.7. The molecule has 0 saturated carbocycles. The van der Waals surface area contributed by atoms with E-state index in [2.05, 4.69) is 26.2 Å². The van der Waals surface area contributed by atoms with Crippen LogP contribution in [-0.4, -0.2) is 41.0 Å². The fraction of sp³-hybridized carbons (Fsp3) is 0.294. The van der Waals surface area contributed by atoms with Gasteiger partial charge in [-0.3, -0.25) is 0 Å². The highest BCUT2D eigenvalue weighted by atomic mass is 79.9. The van der Waals surface area contributed by atoms with Gasteiger partial charge >= 0.3 is 0 Å². The summed E-state index contributed by atoms with van der Waals surface area (Å²) in [6.45, 7) is 4.74. The molecular weight excluding hydrogens is 420 g/mol. The van der Waals surface area contributed by atoms with E-state index in [0.29, 0.717) is 30.7 Å². The van der Waals surface area contributed by atoms with Crippen LogP contribution >= 0.6 is 15.9 Å². The third-order valence-electron chi connectivity index (χ3n) is 4.00. The van der Waals surface area contributed by atoms with Crippen LogP contribution in [0, 0.1) is 0 Å². The van der Waals surface area contributed by atoms with Gasteiger partial charge in [0.2, 0.25) is 10.0 Å². The van der Waals surface area contributed by atoms with Crippen LogP contribution in [0.25, 0.3) is 11.0 Å². The minimum atomic E-state index is -3.56.